The number of benzene rings is 2. The summed E-state index contributed by atoms with van der Waals surface area (Å²) >= 11 is 12.3. The van der Waals surface area contributed by atoms with Crippen molar-refractivity contribution in [3.63, 3.8) is 0 Å². The van der Waals surface area contributed by atoms with Crippen molar-refractivity contribution in [3.05, 3.63) is 110 Å². The summed E-state index contributed by atoms with van der Waals surface area (Å²) in [6.07, 6.45) is 3.09. The van der Waals surface area contributed by atoms with E-state index in [1.165, 1.54) is 15.4 Å². The van der Waals surface area contributed by atoms with Crippen molar-refractivity contribution in [2.45, 2.75) is 5.60 Å². The quantitative estimate of drug-likeness (QED) is 0.404. The number of aliphatic hydroxyl groups is 1. The van der Waals surface area contributed by atoms with Gasteiger partial charge < -0.3 is 9.67 Å². The molecule has 0 aliphatic heterocycles. The van der Waals surface area contributed by atoms with Crippen LogP contribution in [0.1, 0.15) is 17.0 Å². The van der Waals surface area contributed by atoms with Gasteiger partial charge in [-0.1, -0.05) is 52.7 Å². The molecule has 3 heterocycles. The first-order chi connectivity index (χ1) is 16.3. The molecule has 0 saturated carbocycles. The molecule has 0 radical (unpaired) electrons. The minimum Gasteiger partial charge on any atom is -0.373 e. The third kappa shape index (κ3) is 3.58. The van der Waals surface area contributed by atoms with E-state index in [-0.39, 0.29) is 5.56 Å². The molecule has 1 atom stereocenters. The first-order valence-electron chi connectivity index (χ1n) is 10.4. The van der Waals surface area contributed by atoms with Gasteiger partial charge in [0.25, 0.3) is 5.56 Å². The number of hydrogen-bond acceptors (Lipinski definition) is 5. The third-order valence-electron chi connectivity index (χ3n) is 5.99. The highest BCUT2D eigenvalue weighted by Gasteiger charge is 2.39. The SMILES string of the molecule is Cn1nncc1C(O)(c1ccc(Cl)cc1)c1cc2c(-c3cccc(Cl)c3)cc(=O)n(C)c2cn1. The fourth-order valence-electron chi connectivity index (χ4n) is 4.18. The fraction of sp³-hybridized carbons (Fsp3) is 0.120. The van der Waals surface area contributed by atoms with Crippen LogP contribution in [-0.4, -0.2) is 29.7 Å². The van der Waals surface area contributed by atoms with Crippen LogP contribution in [0.5, 0.6) is 0 Å². The molecule has 34 heavy (non-hydrogen) atoms. The summed E-state index contributed by atoms with van der Waals surface area (Å²) in [5, 5.41) is 22.0. The summed E-state index contributed by atoms with van der Waals surface area (Å²) in [6, 6.07) is 17.5. The fourth-order valence-corrected chi connectivity index (χ4v) is 4.49. The smallest absolute Gasteiger partial charge is 0.251 e. The second kappa shape index (κ2) is 8.36. The molecule has 0 spiro atoms. The van der Waals surface area contributed by atoms with Crippen LogP contribution in [0.2, 0.25) is 10.0 Å². The number of aromatic nitrogens is 5. The van der Waals surface area contributed by atoms with Gasteiger partial charge in [-0.25, -0.2) is 4.68 Å². The van der Waals surface area contributed by atoms with E-state index in [0.29, 0.717) is 38.1 Å². The van der Waals surface area contributed by atoms with Crippen LogP contribution < -0.4 is 5.56 Å². The summed E-state index contributed by atoms with van der Waals surface area (Å²) in [4.78, 5) is 17.3. The van der Waals surface area contributed by atoms with Gasteiger partial charge in [-0.05, 0) is 47.0 Å². The molecule has 3 aromatic heterocycles. The number of aryl methyl sites for hydroxylation is 2. The van der Waals surface area contributed by atoms with Crippen molar-refractivity contribution in [2.24, 2.45) is 14.1 Å². The van der Waals surface area contributed by atoms with Gasteiger partial charge in [0.1, 0.15) is 5.69 Å². The van der Waals surface area contributed by atoms with Crippen molar-refractivity contribution in [1.82, 2.24) is 24.5 Å². The predicted octanol–water partition coefficient (Wildman–Crippen LogP) is 4.32. The normalized spacial score (nSPS) is 13.2. The van der Waals surface area contributed by atoms with Gasteiger partial charge in [0.15, 0.2) is 5.60 Å². The van der Waals surface area contributed by atoms with Crippen molar-refractivity contribution in [1.29, 1.82) is 0 Å². The highest BCUT2D eigenvalue weighted by atomic mass is 35.5. The van der Waals surface area contributed by atoms with Crippen LogP contribution in [0.25, 0.3) is 22.0 Å². The number of pyridine rings is 2. The Bertz CT molecular complexity index is 1590. The van der Waals surface area contributed by atoms with Crippen molar-refractivity contribution in [3.8, 4) is 11.1 Å². The highest BCUT2D eigenvalue weighted by molar-refractivity contribution is 6.31. The molecule has 2 aromatic carbocycles. The Labute approximate surface area is 204 Å². The topological polar surface area (TPSA) is 85.8 Å². The summed E-state index contributed by atoms with van der Waals surface area (Å²) in [5.74, 6) is 0. The van der Waals surface area contributed by atoms with Crippen LogP contribution in [0.15, 0.2) is 77.9 Å². The minimum absolute atomic E-state index is 0.180. The molecule has 0 bridgehead atoms. The molecule has 0 fully saturated rings. The largest absolute Gasteiger partial charge is 0.373 e. The average Bonchev–Trinajstić information content (AvgIpc) is 3.27. The first kappa shape index (κ1) is 22.3. The second-order valence-corrected chi connectivity index (χ2v) is 8.89. The summed E-state index contributed by atoms with van der Waals surface area (Å²) in [6.45, 7) is 0. The summed E-state index contributed by atoms with van der Waals surface area (Å²) in [7, 11) is 3.38. The second-order valence-electron chi connectivity index (χ2n) is 8.01. The van der Waals surface area contributed by atoms with E-state index < -0.39 is 5.60 Å². The molecule has 5 aromatic rings. The summed E-state index contributed by atoms with van der Waals surface area (Å²) in [5.41, 5.74) is 1.54. The summed E-state index contributed by atoms with van der Waals surface area (Å²) < 4.78 is 3.02. The Hall–Kier alpha value is -3.52. The molecule has 1 unspecified atom stereocenters. The Morgan fingerprint density at radius 2 is 1.71 bits per heavy atom. The van der Waals surface area contributed by atoms with E-state index in [2.05, 4.69) is 15.3 Å². The van der Waals surface area contributed by atoms with Crippen LogP contribution >= 0.6 is 23.2 Å². The maximum absolute atomic E-state index is 12.7. The van der Waals surface area contributed by atoms with Gasteiger partial charge in [-0.15, -0.1) is 5.10 Å². The van der Waals surface area contributed by atoms with Gasteiger partial charge in [-0.2, -0.15) is 0 Å². The highest BCUT2D eigenvalue weighted by Crippen LogP contribution is 2.38. The van der Waals surface area contributed by atoms with E-state index in [0.717, 1.165) is 10.9 Å². The molecule has 0 amide bonds. The molecular formula is C25H19Cl2N5O2. The van der Waals surface area contributed by atoms with Gasteiger partial charge in [0.2, 0.25) is 0 Å². The number of rotatable bonds is 4. The molecular weight excluding hydrogens is 473 g/mol. The molecule has 7 nitrogen and oxygen atoms in total. The lowest BCUT2D eigenvalue weighted by Gasteiger charge is -2.28. The zero-order valence-electron chi connectivity index (χ0n) is 18.3. The lowest BCUT2D eigenvalue weighted by molar-refractivity contribution is 0.111. The van der Waals surface area contributed by atoms with E-state index in [1.807, 2.05) is 12.1 Å². The van der Waals surface area contributed by atoms with Crippen LogP contribution in [0.4, 0.5) is 0 Å². The molecule has 5 rings (SSSR count). The molecule has 0 aliphatic rings. The van der Waals surface area contributed by atoms with Crippen molar-refractivity contribution >= 4 is 34.1 Å². The van der Waals surface area contributed by atoms with E-state index in [9.17, 15) is 9.90 Å². The van der Waals surface area contributed by atoms with E-state index >= 15 is 0 Å². The van der Waals surface area contributed by atoms with Crippen LogP contribution in [0.3, 0.4) is 0 Å². The maximum Gasteiger partial charge on any atom is 0.251 e. The predicted molar refractivity (Wildman–Crippen MR) is 132 cm³/mol. The minimum atomic E-state index is -1.68. The Kier molecular flexibility index (Phi) is 5.48. The van der Waals surface area contributed by atoms with Gasteiger partial charge in [0, 0.05) is 35.6 Å². The van der Waals surface area contributed by atoms with Crippen molar-refractivity contribution in [2.75, 3.05) is 0 Å². The lowest BCUT2D eigenvalue weighted by Crippen LogP contribution is -2.32. The molecule has 1 N–H and O–H groups in total. The number of hydrogen-bond donors (Lipinski definition) is 1. The lowest BCUT2D eigenvalue weighted by atomic mass is 9.86. The molecule has 170 valence electrons. The Morgan fingerprint density at radius 3 is 2.38 bits per heavy atom. The standard InChI is InChI=1S/C25H19Cl2N5O2/c1-31-21-13-28-22(11-20(21)19(12-24(31)33)15-4-3-5-18(27)10-15)25(34,23-14-29-30-32(23)2)16-6-8-17(26)9-7-16/h3-14,34H,1-2H3. The van der Waals surface area contributed by atoms with Crippen LogP contribution in [0, 0.1) is 0 Å². The zero-order chi connectivity index (χ0) is 24.0. The number of halogens is 2. The van der Waals surface area contributed by atoms with E-state index in [4.69, 9.17) is 23.2 Å². The number of fused-ring (bicyclic) bond motifs is 1. The van der Waals surface area contributed by atoms with Gasteiger partial charge in [0.05, 0.1) is 23.6 Å². The van der Waals surface area contributed by atoms with Gasteiger partial charge in [-0.3, -0.25) is 9.78 Å². The maximum atomic E-state index is 12.7. The van der Waals surface area contributed by atoms with Gasteiger partial charge >= 0.3 is 0 Å². The van der Waals surface area contributed by atoms with Crippen LogP contribution in [-0.2, 0) is 19.7 Å². The Balaban J connectivity index is 1.84. The average molecular weight is 492 g/mol. The molecule has 0 saturated heterocycles. The Morgan fingerprint density at radius 1 is 0.941 bits per heavy atom. The number of nitrogens with zero attached hydrogens (tertiary/aromatic N) is 5. The monoisotopic (exact) mass is 491 g/mol. The first-order valence-corrected chi connectivity index (χ1v) is 11.1. The molecule has 0 aliphatic carbocycles. The third-order valence-corrected chi connectivity index (χ3v) is 6.47. The zero-order valence-corrected chi connectivity index (χ0v) is 19.8. The van der Waals surface area contributed by atoms with E-state index in [1.54, 1.807) is 68.8 Å². The molecule has 9 heteroatoms. The van der Waals surface area contributed by atoms with Crippen molar-refractivity contribution < 1.29 is 5.11 Å².